The van der Waals surface area contributed by atoms with Crippen molar-refractivity contribution in [1.29, 1.82) is 0 Å². The van der Waals surface area contributed by atoms with Gasteiger partial charge in [0.2, 0.25) is 5.91 Å². The highest BCUT2D eigenvalue weighted by atomic mass is 19.4. The van der Waals surface area contributed by atoms with Crippen molar-refractivity contribution in [3.63, 3.8) is 0 Å². The number of likely N-dealkylation sites (tertiary alicyclic amines) is 1. The van der Waals surface area contributed by atoms with Gasteiger partial charge < -0.3 is 24.2 Å². The van der Waals surface area contributed by atoms with Gasteiger partial charge >= 0.3 is 12.4 Å². The average Bonchev–Trinajstić information content (AvgIpc) is 3.69. The van der Waals surface area contributed by atoms with Crippen molar-refractivity contribution in [2.75, 3.05) is 53.1 Å². The van der Waals surface area contributed by atoms with Gasteiger partial charge in [0, 0.05) is 31.1 Å². The number of likely N-dealkylation sites (N-methyl/N-ethyl adjacent to an activating group) is 1. The fraction of sp³-hybridized carbons (Fsp3) is 0.474. The van der Waals surface area contributed by atoms with Gasteiger partial charge in [0.1, 0.15) is 24.8 Å². The number of amides is 2. The van der Waals surface area contributed by atoms with Crippen LogP contribution in [0.2, 0.25) is 0 Å². The number of alkyl halides is 6. The molecule has 0 bridgehead atoms. The Morgan fingerprint density at radius 1 is 0.942 bits per heavy atom. The molecule has 0 N–H and O–H groups in total. The average molecular weight is 736 g/mol. The van der Waals surface area contributed by atoms with Crippen LogP contribution in [-0.4, -0.2) is 85.7 Å². The van der Waals surface area contributed by atoms with Crippen molar-refractivity contribution >= 4 is 11.8 Å². The number of carbonyl (C=O) groups is 2. The molecule has 0 aromatic heterocycles. The van der Waals surface area contributed by atoms with Gasteiger partial charge in [-0.3, -0.25) is 9.59 Å². The summed E-state index contributed by atoms with van der Waals surface area (Å²) in [5.41, 5.74) is -2.50. The summed E-state index contributed by atoms with van der Waals surface area (Å²) in [7, 11) is 1.74. The SMILES string of the molecule is CCN(C)C(=O)CO[C@H]1Cc2ccccc2C12CCN(CC[C@@]1(c3ccc(F)cc3)CN(C(=O)c3cc(C(F)(F)F)cc(C(F)(F)F)c3)CO1)CC2. The van der Waals surface area contributed by atoms with Gasteiger partial charge in [0.05, 0.1) is 23.8 Å². The molecule has 0 unspecified atom stereocenters. The summed E-state index contributed by atoms with van der Waals surface area (Å²) in [5.74, 6) is -1.64. The van der Waals surface area contributed by atoms with Gasteiger partial charge in [-0.05, 0) is 92.7 Å². The van der Waals surface area contributed by atoms with Crippen LogP contribution in [0.25, 0.3) is 0 Å². The minimum Gasteiger partial charge on any atom is -0.367 e. The number of hydrogen-bond donors (Lipinski definition) is 0. The first-order valence-corrected chi connectivity index (χ1v) is 17.2. The quantitative estimate of drug-likeness (QED) is 0.221. The van der Waals surface area contributed by atoms with Gasteiger partial charge in [0.15, 0.2) is 0 Å². The van der Waals surface area contributed by atoms with E-state index in [4.69, 9.17) is 9.47 Å². The highest BCUT2D eigenvalue weighted by Crippen LogP contribution is 2.48. The minimum absolute atomic E-state index is 0.0147. The lowest BCUT2D eigenvalue weighted by atomic mass is 9.72. The number of piperidine rings is 1. The van der Waals surface area contributed by atoms with E-state index in [-0.39, 0.29) is 36.6 Å². The number of ether oxygens (including phenoxy) is 2. The third-order valence-electron chi connectivity index (χ3n) is 10.9. The molecule has 3 aromatic carbocycles. The van der Waals surface area contributed by atoms with Gasteiger partial charge in [-0.2, -0.15) is 26.3 Å². The fourth-order valence-corrected chi connectivity index (χ4v) is 7.75. The molecule has 0 saturated carbocycles. The van der Waals surface area contributed by atoms with E-state index in [1.54, 1.807) is 11.9 Å². The van der Waals surface area contributed by atoms with Crippen LogP contribution in [-0.2, 0) is 44.1 Å². The molecular formula is C38H40F7N3O4. The van der Waals surface area contributed by atoms with Crippen LogP contribution < -0.4 is 0 Å². The standard InChI is InChI=1S/C38H40F7N3O4/c1-3-46(2)33(49)22-51-32-20-25-6-4-5-7-31(25)35(32)12-15-47(16-13-35)17-14-36(27-8-10-30(39)11-9-27)23-48(24-52-36)34(50)26-18-28(37(40,41)42)21-29(19-26)38(43,44)45/h4-11,18-19,21,32H,3,12-17,20,22-24H2,1-2H3/t32-,36-/m0/s1. The Morgan fingerprint density at radius 3 is 2.19 bits per heavy atom. The molecule has 52 heavy (non-hydrogen) atoms. The van der Waals surface area contributed by atoms with Crippen LogP contribution >= 0.6 is 0 Å². The zero-order valence-corrected chi connectivity index (χ0v) is 28.8. The highest BCUT2D eigenvalue weighted by molar-refractivity contribution is 5.95. The molecule has 1 spiro atoms. The first-order valence-electron chi connectivity index (χ1n) is 17.2. The molecule has 3 aliphatic rings. The smallest absolute Gasteiger partial charge is 0.367 e. The minimum atomic E-state index is -5.11. The van der Waals surface area contributed by atoms with Crippen molar-refractivity contribution < 1.29 is 49.8 Å². The monoisotopic (exact) mass is 735 g/mol. The van der Waals surface area contributed by atoms with Gasteiger partial charge in [0.25, 0.3) is 5.91 Å². The molecule has 280 valence electrons. The third-order valence-corrected chi connectivity index (χ3v) is 10.9. The van der Waals surface area contributed by atoms with Gasteiger partial charge in [-0.1, -0.05) is 36.4 Å². The van der Waals surface area contributed by atoms with Crippen LogP contribution in [0.1, 0.15) is 64.4 Å². The number of hydrogen-bond acceptors (Lipinski definition) is 5. The summed E-state index contributed by atoms with van der Waals surface area (Å²) >= 11 is 0. The Morgan fingerprint density at radius 2 is 1.58 bits per heavy atom. The van der Waals surface area contributed by atoms with E-state index in [1.165, 1.54) is 35.4 Å². The maximum atomic E-state index is 14.0. The van der Waals surface area contributed by atoms with Crippen LogP contribution in [0.5, 0.6) is 0 Å². The predicted octanol–water partition coefficient (Wildman–Crippen LogP) is 7.03. The number of fused-ring (bicyclic) bond motifs is 2. The summed E-state index contributed by atoms with van der Waals surface area (Å²) in [4.78, 5) is 31.1. The summed E-state index contributed by atoms with van der Waals surface area (Å²) in [5, 5.41) is 0. The molecule has 6 rings (SSSR count). The second-order valence-corrected chi connectivity index (χ2v) is 13.9. The topological polar surface area (TPSA) is 62.3 Å². The number of nitrogens with zero attached hydrogens (tertiary/aromatic N) is 3. The van der Waals surface area contributed by atoms with Gasteiger partial charge in [-0.15, -0.1) is 0 Å². The molecular weight excluding hydrogens is 695 g/mol. The molecule has 2 heterocycles. The zero-order chi connectivity index (χ0) is 37.5. The summed E-state index contributed by atoms with van der Waals surface area (Å²) in [6, 6.07) is 14.5. The molecule has 0 radical (unpaired) electrons. The number of halogens is 7. The maximum Gasteiger partial charge on any atom is 0.416 e. The molecule has 2 saturated heterocycles. The molecule has 14 heteroatoms. The maximum absolute atomic E-state index is 14.0. The van der Waals surface area contributed by atoms with Crippen molar-refractivity contribution in [3.8, 4) is 0 Å². The van der Waals surface area contributed by atoms with Crippen LogP contribution in [0, 0.1) is 5.82 Å². The lowest BCUT2D eigenvalue weighted by molar-refractivity contribution is -0.143. The molecule has 7 nitrogen and oxygen atoms in total. The molecule has 2 aliphatic heterocycles. The van der Waals surface area contributed by atoms with Crippen molar-refractivity contribution in [1.82, 2.24) is 14.7 Å². The van der Waals surface area contributed by atoms with E-state index < -0.39 is 53.1 Å². The van der Waals surface area contributed by atoms with E-state index in [9.17, 15) is 40.3 Å². The lowest BCUT2D eigenvalue weighted by Gasteiger charge is -2.44. The largest absolute Gasteiger partial charge is 0.416 e. The number of benzene rings is 3. The molecule has 2 fully saturated rings. The van der Waals surface area contributed by atoms with Crippen molar-refractivity contribution in [2.45, 2.75) is 62.1 Å². The lowest BCUT2D eigenvalue weighted by Crippen LogP contribution is -2.49. The molecule has 1 aliphatic carbocycles. The van der Waals surface area contributed by atoms with E-state index >= 15 is 0 Å². The highest BCUT2D eigenvalue weighted by Gasteiger charge is 2.50. The molecule has 2 atom stereocenters. The van der Waals surface area contributed by atoms with E-state index in [0.29, 0.717) is 56.7 Å². The van der Waals surface area contributed by atoms with Crippen LogP contribution in [0.15, 0.2) is 66.7 Å². The van der Waals surface area contributed by atoms with E-state index in [2.05, 4.69) is 17.0 Å². The predicted molar refractivity (Wildman–Crippen MR) is 177 cm³/mol. The summed E-state index contributed by atoms with van der Waals surface area (Å²) in [6.07, 6.45) is -7.91. The Labute approximate surface area is 297 Å². The second-order valence-electron chi connectivity index (χ2n) is 13.9. The number of rotatable bonds is 9. The number of carbonyl (C=O) groups excluding carboxylic acids is 2. The zero-order valence-electron chi connectivity index (χ0n) is 28.8. The molecule has 3 aromatic rings. The Balaban J connectivity index is 1.19. The normalized spacial score (nSPS) is 21.8. The van der Waals surface area contributed by atoms with E-state index in [1.807, 2.05) is 19.1 Å². The first kappa shape index (κ1) is 37.7. The Kier molecular flexibility index (Phi) is 10.5. The second kappa shape index (κ2) is 14.4. The van der Waals surface area contributed by atoms with Crippen molar-refractivity contribution in [3.05, 3.63) is 106 Å². The first-order chi connectivity index (χ1) is 24.5. The van der Waals surface area contributed by atoms with Crippen LogP contribution in [0.4, 0.5) is 30.7 Å². The Hall–Kier alpha value is -4.01. The third kappa shape index (κ3) is 7.56. The van der Waals surface area contributed by atoms with Crippen LogP contribution in [0.3, 0.4) is 0 Å². The summed E-state index contributed by atoms with van der Waals surface area (Å²) < 4.78 is 108. The van der Waals surface area contributed by atoms with E-state index in [0.717, 1.165) is 17.7 Å². The van der Waals surface area contributed by atoms with Crippen molar-refractivity contribution in [2.24, 2.45) is 0 Å². The Bertz CT molecular complexity index is 1740. The summed E-state index contributed by atoms with van der Waals surface area (Å²) in [6.45, 7) is 3.72. The fourth-order valence-electron chi connectivity index (χ4n) is 7.75. The molecule has 2 amide bonds. The van der Waals surface area contributed by atoms with Gasteiger partial charge in [-0.25, -0.2) is 4.39 Å².